The maximum absolute atomic E-state index is 9.92. The van der Waals surface area contributed by atoms with Crippen LogP contribution in [0.4, 0.5) is 5.69 Å². The summed E-state index contributed by atoms with van der Waals surface area (Å²) in [5.41, 5.74) is 5.93. The fraction of sp³-hybridized carbons (Fsp3) is 0.391. The van der Waals surface area contributed by atoms with Crippen LogP contribution in [0.5, 0.6) is 5.75 Å². The van der Waals surface area contributed by atoms with E-state index in [-0.39, 0.29) is 6.04 Å². The molecule has 0 bridgehead atoms. The van der Waals surface area contributed by atoms with Gasteiger partial charge in [0.25, 0.3) is 0 Å². The van der Waals surface area contributed by atoms with Crippen LogP contribution >= 0.6 is 0 Å². The van der Waals surface area contributed by atoms with Crippen molar-refractivity contribution in [3.8, 4) is 5.75 Å². The number of fused-ring (bicyclic) bond motifs is 3. The van der Waals surface area contributed by atoms with E-state index in [9.17, 15) is 5.11 Å². The number of aliphatic hydroxyl groups excluding tert-OH is 1. The standard InChI is InChI=1S/C23H28N2O2/c1-15(24-21-9-5-3-7-18(21)16(2)26)14-27-17-11-12-20-19-8-4-6-10-22(19)25-23(20)13-17/h3,5,7,9,11-13,15-16,24-26H,4,6,8,10,14H2,1-2H3. The van der Waals surface area contributed by atoms with E-state index in [1.165, 1.54) is 41.4 Å². The van der Waals surface area contributed by atoms with Gasteiger partial charge >= 0.3 is 0 Å². The van der Waals surface area contributed by atoms with Crippen molar-refractivity contribution in [3.05, 3.63) is 59.3 Å². The van der Waals surface area contributed by atoms with Crippen LogP contribution < -0.4 is 10.1 Å². The molecule has 2 aromatic carbocycles. The Morgan fingerprint density at radius 3 is 2.78 bits per heavy atom. The van der Waals surface area contributed by atoms with Crippen molar-refractivity contribution in [2.75, 3.05) is 11.9 Å². The van der Waals surface area contributed by atoms with Crippen LogP contribution in [0.1, 0.15) is 49.6 Å². The van der Waals surface area contributed by atoms with Crippen molar-refractivity contribution in [1.82, 2.24) is 4.98 Å². The van der Waals surface area contributed by atoms with Gasteiger partial charge in [-0.25, -0.2) is 0 Å². The Morgan fingerprint density at radius 2 is 1.93 bits per heavy atom. The van der Waals surface area contributed by atoms with Crippen LogP contribution in [-0.4, -0.2) is 22.7 Å². The van der Waals surface area contributed by atoms with Crippen LogP contribution in [0.2, 0.25) is 0 Å². The molecule has 3 N–H and O–H groups in total. The van der Waals surface area contributed by atoms with E-state index in [4.69, 9.17) is 4.74 Å². The Balaban J connectivity index is 1.42. The van der Waals surface area contributed by atoms with Crippen LogP contribution in [0.25, 0.3) is 10.9 Å². The van der Waals surface area contributed by atoms with Gasteiger partial charge in [0.15, 0.2) is 0 Å². The average molecular weight is 364 g/mol. The molecule has 0 saturated heterocycles. The second-order valence-electron chi connectivity index (χ2n) is 7.62. The topological polar surface area (TPSA) is 57.3 Å². The Hall–Kier alpha value is -2.46. The van der Waals surface area contributed by atoms with E-state index in [1.54, 1.807) is 6.92 Å². The molecule has 0 aliphatic heterocycles. The summed E-state index contributed by atoms with van der Waals surface area (Å²) in [6.45, 7) is 4.43. The van der Waals surface area contributed by atoms with Gasteiger partial charge in [0, 0.05) is 33.9 Å². The highest BCUT2D eigenvalue weighted by molar-refractivity contribution is 5.86. The lowest BCUT2D eigenvalue weighted by atomic mass is 9.96. The van der Waals surface area contributed by atoms with Gasteiger partial charge < -0.3 is 20.1 Å². The van der Waals surface area contributed by atoms with Gasteiger partial charge in [0.1, 0.15) is 12.4 Å². The molecule has 1 aliphatic carbocycles. The molecule has 1 aliphatic rings. The molecule has 1 aromatic heterocycles. The summed E-state index contributed by atoms with van der Waals surface area (Å²) in [5, 5.41) is 14.7. The summed E-state index contributed by atoms with van der Waals surface area (Å²) in [7, 11) is 0. The Labute approximate surface area is 160 Å². The molecule has 3 aromatic rings. The number of benzene rings is 2. The number of nitrogens with one attached hydrogen (secondary N) is 2. The first-order chi connectivity index (χ1) is 13.1. The predicted molar refractivity (Wildman–Crippen MR) is 111 cm³/mol. The molecule has 2 atom stereocenters. The fourth-order valence-corrected chi connectivity index (χ4v) is 4.00. The average Bonchev–Trinajstić information content (AvgIpc) is 3.04. The van der Waals surface area contributed by atoms with Crippen molar-refractivity contribution in [2.45, 2.75) is 51.7 Å². The molecule has 4 nitrogen and oxygen atoms in total. The predicted octanol–water partition coefficient (Wildman–Crippen LogP) is 4.98. The van der Waals surface area contributed by atoms with Gasteiger partial charge in [0.2, 0.25) is 0 Å². The molecule has 142 valence electrons. The maximum atomic E-state index is 9.92. The van der Waals surface area contributed by atoms with Crippen LogP contribution in [0.15, 0.2) is 42.5 Å². The monoisotopic (exact) mass is 364 g/mol. The minimum absolute atomic E-state index is 0.123. The number of rotatable bonds is 6. The normalized spacial score (nSPS) is 16.0. The third-order valence-electron chi connectivity index (χ3n) is 5.38. The zero-order valence-electron chi connectivity index (χ0n) is 16.1. The number of H-pyrrole nitrogens is 1. The summed E-state index contributed by atoms with van der Waals surface area (Å²) in [5.74, 6) is 0.888. The zero-order valence-corrected chi connectivity index (χ0v) is 16.1. The summed E-state index contributed by atoms with van der Waals surface area (Å²) in [6.07, 6.45) is 4.40. The molecule has 1 heterocycles. The molecular formula is C23H28N2O2. The quantitative estimate of drug-likeness (QED) is 0.578. The molecular weight excluding hydrogens is 336 g/mol. The van der Waals surface area contributed by atoms with E-state index in [2.05, 4.69) is 35.4 Å². The SMILES string of the molecule is CC(COc1ccc2c3c([nH]c2c1)CCCC3)Nc1ccccc1C(C)O. The molecule has 0 fully saturated rings. The Morgan fingerprint density at radius 1 is 1.11 bits per heavy atom. The fourth-order valence-electron chi connectivity index (χ4n) is 4.00. The largest absolute Gasteiger partial charge is 0.491 e. The number of aryl methyl sites for hydroxylation is 2. The number of anilines is 1. The van der Waals surface area contributed by atoms with Gasteiger partial charge in [-0.3, -0.25) is 0 Å². The first-order valence-corrected chi connectivity index (χ1v) is 9.91. The molecule has 0 saturated carbocycles. The molecule has 0 radical (unpaired) electrons. The number of hydrogen-bond donors (Lipinski definition) is 3. The summed E-state index contributed by atoms with van der Waals surface area (Å²) < 4.78 is 6.04. The van der Waals surface area contributed by atoms with Gasteiger partial charge in [-0.05, 0) is 63.3 Å². The van der Waals surface area contributed by atoms with Gasteiger partial charge in [-0.1, -0.05) is 18.2 Å². The minimum Gasteiger partial charge on any atom is -0.491 e. The molecule has 0 amide bonds. The van der Waals surface area contributed by atoms with E-state index in [0.717, 1.165) is 23.4 Å². The molecule has 27 heavy (non-hydrogen) atoms. The van der Waals surface area contributed by atoms with Gasteiger partial charge in [-0.15, -0.1) is 0 Å². The lowest BCUT2D eigenvalue weighted by Gasteiger charge is -2.19. The maximum Gasteiger partial charge on any atom is 0.121 e. The molecule has 4 rings (SSSR count). The number of aromatic amines is 1. The number of aliphatic hydroxyl groups is 1. The first kappa shape index (κ1) is 17.9. The number of ether oxygens (including phenoxy) is 1. The molecule has 2 unspecified atom stereocenters. The Kier molecular flexibility index (Phi) is 5.08. The second kappa shape index (κ2) is 7.65. The van der Waals surface area contributed by atoms with E-state index >= 15 is 0 Å². The highest BCUT2D eigenvalue weighted by atomic mass is 16.5. The molecule has 4 heteroatoms. The first-order valence-electron chi connectivity index (χ1n) is 9.91. The lowest BCUT2D eigenvalue weighted by molar-refractivity contribution is 0.200. The number of aromatic nitrogens is 1. The van der Waals surface area contributed by atoms with E-state index < -0.39 is 6.10 Å². The number of hydrogen-bond acceptors (Lipinski definition) is 3. The second-order valence-corrected chi connectivity index (χ2v) is 7.62. The van der Waals surface area contributed by atoms with E-state index in [1.807, 2.05) is 24.3 Å². The minimum atomic E-state index is -0.497. The van der Waals surface area contributed by atoms with Crippen LogP contribution in [-0.2, 0) is 12.8 Å². The van der Waals surface area contributed by atoms with Crippen molar-refractivity contribution in [3.63, 3.8) is 0 Å². The van der Waals surface area contributed by atoms with Crippen molar-refractivity contribution in [1.29, 1.82) is 0 Å². The number of para-hydroxylation sites is 1. The van der Waals surface area contributed by atoms with Gasteiger partial charge in [-0.2, -0.15) is 0 Å². The third-order valence-corrected chi connectivity index (χ3v) is 5.38. The van der Waals surface area contributed by atoms with Crippen molar-refractivity contribution < 1.29 is 9.84 Å². The summed E-state index contributed by atoms with van der Waals surface area (Å²) >= 11 is 0. The van der Waals surface area contributed by atoms with Crippen molar-refractivity contribution >= 4 is 16.6 Å². The molecule has 0 spiro atoms. The Bertz CT molecular complexity index is 929. The van der Waals surface area contributed by atoms with Crippen molar-refractivity contribution in [2.24, 2.45) is 0 Å². The highest BCUT2D eigenvalue weighted by Gasteiger charge is 2.16. The summed E-state index contributed by atoms with van der Waals surface area (Å²) in [6, 6.07) is 14.4. The smallest absolute Gasteiger partial charge is 0.121 e. The third kappa shape index (κ3) is 3.81. The van der Waals surface area contributed by atoms with E-state index in [0.29, 0.717) is 6.61 Å². The zero-order chi connectivity index (χ0) is 18.8. The van der Waals surface area contributed by atoms with Gasteiger partial charge in [0.05, 0.1) is 12.1 Å². The summed E-state index contributed by atoms with van der Waals surface area (Å²) in [4.78, 5) is 3.58. The van der Waals surface area contributed by atoms with Crippen LogP contribution in [0, 0.1) is 0 Å². The van der Waals surface area contributed by atoms with Crippen LogP contribution in [0.3, 0.4) is 0 Å². The highest BCUT2D eigenvalue weighted by Crippen LogP contribution is 2.31. The lowest BCUT2D eigenvalue weighted by Crippen LogP contribution is -2.24.